The Kier molecular flexibility index (Phi) is 12.4. The first kappa shape index (κ1) is 24.3. The van der Waals surface area contributed by atoms with Crippen LogP contribution in [0, 0.1) is 0 Å². The van der Waals surface area contributed by atoms with E-state index in [4.69, 9.17) is 4.74 Å². The number of nitrogens with one attached hydrogen (secondary N) is 3. The monoisotopic (exact) mass is 500 g/mol. The number of ether oxygens (including phenoxy) is 1. The standard InChI is InChI=1S/C21H32N4O2.HI/c1-3-22-21(24-14-13-17-7-5-4-6-8-17)25-16-15-23-20(26)18-9-11-19(27-2)12-10-18;/h7,9-12H,3-6,8,13-16H2,1-2H3,(H,23,26)(H2,22,24,25);1H. The largest absolute Gasteiger partial charge is 0.497 e. The Hall–Kier alpha value is -1.77. The van der Waals surface area contributed by atoms with E-state index in [1.807, 2.05) is 6.92 Å². The van der Waals surface area contributed by atoms with E-state index in [0.29, 0.717) is 18.7 Å². The van der Waals surface area contributed by atoms with Crippen molar-refractivity contribution in [1.82, 2.24) is 16.0 Å². The van der Waals surface area contributed by atoms with Gasteiger partial charge in [0.05, 0.1) is 7.11 Å². The molecule has 0 aromatic heterocycles. The Morgan fingerprint density at radius 3 is 2.50 bits per heavy atom. The predicted octanol–water partition coefficient (Wildman–Crippen LogP) is 3.49. The molecule has 0 heterocycles. The molecule has 0 saturated heterocycles. The van der Waals surface area contributed by atoms with Crippen LogP contribution in [0.2, 0.25) is 0 Å². The highest BCUT2D eigenvalue weighted by Gasteiger charge is 2.06. The molecular formula is C21H33IN4O2. The number of amides is 1. The molecule has 7 heteroatoms. The molecule has 28 heavy (non-hydrogen) atoms. The third kappa shape index (κ3) is 8.95. The number of hydrogen-bond donors (Lipinski definition) is 3. The first-order chi connectivity index (χ1) is 13.2. The van der Waals surface area contributed by atoms with Gasteiger partial charge in [0.2, 0.25) is 0 Å². The average molecular weight is 500 g/mol. The zero-order valence-electron chi connectivity index (χ0n) is 16.9. The van der Waals surface area contributed by atoms with Crippen molar-refractivity contribution in [2.75, 3.05) is 33.3 Å². The summed E-state index contributed by atoms with van der Waals surface area (Å²) in [5.74, 6) is 1.45. The van der Waals surface area contributed by atoms with E-state index >= 15 is 0 Å². The number of carbonyl (C=O) groups is 1. The first-order valence-electron chi connectivity index (χ1n) is 9.85. The van der Waals surface area contributed by atoms with Crippen LogP contribution >= 0.6 is 24.0 Å². The molecule has 6 nitrogen and oxygen atoms in total. The fraction of sp³-hybridized carbons (Fsp3) is 0.524. The van der Waals surface area contributed by atoms with Crippen LogP contribution in [0.5, 0.6) is 5.75 Å². The molecule has 0 unspecified atom stereocenters. The van der Waals surface area contributed by atoms with Crippen LogP contribution in [0.15, 0.2) is 40.9 Å². The minimum absolute atomic E-state index is 0. The Bertz CT molecular complexity index is 644. The molecule has 1 aliphatic carbocycles. The van der Waals surface area contributed by atoms with Crippen LogP contribution in [-0.2, 0) is 0 Å². The van der Waals surface area contributed by atoms with Crippen LogP contribution in [0.1, 0.15) is 49.4 Å². The van der Waals surface area contributed by atoms with Crippen molar-refractivity contribution < 1.29 is 9.53 Å². The van der Waals surface area contributed by atoms with E-state index < -0.39 is 0 Å². The van der Waals surface area contributed by atoms with Crippen molar-refractivity contribution in [3.8, 4) is 5.75 Å². The maximum absolute atomic E-state index is 12.1. The zero-order valence-corrected chi connectivity index (χ0v) is 19.3. The van der Waals surface area contributed by atoms with Gasteiger partial charge in [0.15, 0.2) is 5.96 Å². The molecule has 156 valence electrons. The summed E-state index contributed by atoms with van der Waals surface area (Å²) in [5.41, 5.74) is 2.16. The highest BCUT2D eigenvalue weighted by Crippen LogP contribution is 2.19. The number of aliphatic imine (C=N–C) groups is 1. The molecule has 0 aliphatic heterocycles. The Morgan fingerprint density at radius 2 is 1.86 bits per heavy atom. The summed E-state index contributed by atoms with van der Waals surface area (Å²) in [4.78, 5) is 16.8. The smallest absolute Gasteiger partial charge is 0.251 e. The summed E-state index contributed by atoms with van der Waals surface area (Å²) < 4.78 is 5.10. The predicted molar refractivity (Wildman–Crippen MR) is 126 cm³/mol. The third-order valence-electron chi connectivity index (χ3n) is 4.49. The second-order valence-electron chi connectivity index (χ2n) is 6.53. The fourth-order valence-electron chi connectivity index (χ4n) is 2.99. The third-order valence-corrected chi connectivity index (χ3v) is 4.49. The van der Waals surface area contributed by atoms with Crippen LogP contribution in [0.25, 0.3) is 0 Å². The topological polar surface area (TPSA) is 74.8 Å². The molecule has 0 atom stereocenters. The van der Waals surface area contributed by atoms with E-state index in [0.717, 1.165) is 31.2 Å². The van der Waals surface area contributed by atoms with Gasteiger partial charge in [0, 0.05) is 31.7 Å². The van der Waals surface area contributed by atoms with Gasteiger partial charge in [-0.15, -0.1) is 24.0 Å². The number of rotatable bonds is 9. The number of benzene rings is 1. The summed E-state index contributed by atoms with van der Waals surface area (Å²) in [6.45, 7) is 4.80. The number of halogens is 1. The number of carbonyl (C=O) groups excluding carboxylic acids is 1. The SMILES string of the molecule is CCNC(=NCCC1=CCCCC1)NCCNC(=O)c1ccc(OC)cc1.I. The van der Waals surface area contributed by atoms with E-state index in [-0.39, 0.29) is 29.9 Å². The quantitative estimate of drug-likeness (QED) is 0.160. The lowest BCUT2D eigenvalue weighted by molar-refractivity contribution is 0.0954. The first-order valence-corrected chi connectivity index (χ1v) is 9.85. The van der Waals surface area contributed by atoms with Crippen LogP contribution in [0.3, 0.4) is 0 Å². The van der Waals surface area contributed by atoms with Crippen molar-refractivity contribution in [2.45, 2.75) is 39.0 Å². The van der Waals surface area contributed by atoms with E-state index in [9.17, 15) is 4.79 Å². The van der Waals surface area contributed by atoms with E-state index in [2.05, 4.69) is 27.0 Å². The van der Waals surface area contributed by atoms with Gasteiger partial charge in [0.25, 0.3) is 5.91 Å². The Labute approximate surface area is 185 Å². The fourth-order valence-corrected chi connectivity index (χ4v) is 2.99. The summed E-state index contributed by atoms with van der Waals surface area (Å²) in [5, 5.41) is 9.42. The molecule has 0 saturated carbocycles. The second-order valence-corrected chi connectivity index (χ2v) is 6.53. The van der Waals surface area contributed by atoms with E-state index in [1.165, 1.54) is 31.3 Å². The zero-order chi connectivity index (χ0) is 19.3. The molecule has 0 bridgehead atoms. The van der Waals surface area contributed by atoms with Crippen molar-refractivity contribution in [3.05, 3.63) is 41.5 Å². The summed E-state index contributed by atoms with van der Waals surface area (Å²) >= 11 is 0. The number of hydrogen-bond acceptors (Lipinski definition) is 3. The summed E-state index contributed by atoms with van der Waals surface area (Å²) in [6, 6.07) is 7.08. The van der Waals surface area contributed by atoms with Gasteiger partial charge in [-0.25, -0.2) is 0 Å². The molecule has 1 amide bonds. The molecule has 2 rings (SSSR count). The summed E-state index contributed by atoms with van der Waals surface area (Å²) in [6.07, 6.45) is 8.46. The lowest BCUT2D eigenvalue weighted by atomic mass is 9.97. The number of methoxy groups -OCH3 is 1. The average Bonchev–Trinajstić information content (AvgIpc) is 2.71. The Balaban J connectivity index is 0.00000392. The van der Waals surface area contributed by atoms with Gasteiger partial charge in [-0.1, -0.05) is 11.6 Å². The minimum Gasteiger partial charge on any atom is -0.497 e. The summed E-state index contributed by atoms with van der Waals surface area (Å²) in [7, 11) is 1.61. The lowest BCUT2D eigenvalue weighted by Gasteiger charge is -2.14. The van der Waals surface area contributed by atoms with Gasteiger partial charge in [0.1, 0.15) is 5.75 Å². The van der Waals surface area contributed by atoms with Gasteiger partial charge in [-0.05, 0) is 63.3 Å². The maximum Gasteiger partial charge on any atom is 0.251 e. The molecular weight excluding hydrogens is 467 g/mol. The van der Waals surface area contributed by atoms with Gasteiger partial charge in [-0.2, -0.15) is 0 Å². The maximum atomic E-state index is 12.1. The van der Waals surface area contributed by atoms with Crippen molar-refractivity contribution >= 4 is 35.8 Å². The van der Waals surface area contributed by atoms with Crippen molar-refractivity contribution in [3.63, 3.8) is 0 Å². The van der Waals surface area contributed by atoms with Crippen molar-refractivity contribution in [1.29, 1.82) is 0 Å². The number of nitrogens with zero attached hydrogens (tertiary/aromatic N) is 1. The van der Waals surface area contributed by atoms with Gasteiger partial charge >= 0.3 is 0 Å². The minimum atomic E-state index is -0.0920. The molecule has 0 spiro atoms. The van der Waals surface area contributed by atoms with Crippen LogP contribution in [-0.4, -0.2) is 45.2 Å². The van der Waals surface area contributed by atoms with Crippen LogP contribution < -0.4 is 20.7 Å². The Morgan fingerprint density at radius 1 is 1.11 bits per heavy atom. The molecule has 3 N–H and O–H groups in total. The molecule has 1 aromatic carbocycles. The number of guanidine groups is 1. The molecule has 0 radical (unpaired) electrons. The molecule has 1 aliphatic rings. The van der Waals surface area contributed by atoms with Gasteiger partial charge in [-0.3, -0.25) is 9.79 Å². The highest BCUT2D eigenvalue weighted by atomic mass is 127. The highest BCUT2D eigenvalue weighted by molar-refractivity contribution is 14.0. The number of allylic oxidation sites excluding steroid dienone is 1. The lowest BCUT2D eigenvalue weighted by Crippen LogP contribution is -2.41. The molecule has 1 aromatic rings. The normalized spacial score (nSPS) is 13.8. The van der Waals surface area contributed by atoms with Gasteiger partial charge < -0.3 is 20.7 Å². The molecule has 0 fully saturated rings. The van der Waals surface area contributed by atoms with E-state index in [1.54, 1.807) is 31.4 Å². The second kappa shape index (κ2) is 14.3. The van der Waals surface area contributed by atoms with Crippen molar-refractivity contribution in [2.24, 2.45) is 4.99 Å². The van der Waals surface area contributed by atoms with Crippen LogP contribution in [0.4, 0.5) is 0 Å².